The van der Waals surface area contributed by atoms with Gasteiger partial charge in [0.2, 0.25) is 11.8 Å². The summed E-state index contributed by atoms with van der Waals surface area (Å²) in [6.07, 6.45) is 0. The molecule has 0 aromatic heterocycles. The molecule has 0 aliphatic carbocycles. The fourth-order valence-corrected chi connectivity index (χ4v) is 4.75. The minimum atomic E-state index is -3.99. The predicted octanol–water partition coefficient (Wildman–Crippen LogP) is 3.56. The molecule has 0 spiro atoms. The Morgan fingerprint density at radius 3 is 2.03 bits per heavy atom. The van der Waals surface area contributed by atoms with Crippen LogP contribution in [0.4, 0.5) is 5.69 Å². The summed E-state index contributed by atoms with van der Waals surface area (Å²) in [6, 6.07) is 12.4. The molecule has 0 aliphatic heterocycles. The van der Waals surface area contributed by atoms with Gasteiger partial charge < -0.3 is 10.2 Å². The van der Waals surface area contributed by atoms with E-state index in [1.165, 1.54) is 19.0 Å². The van der Waals surface area contributed by atoms with Gasteiger partial charge in [-0.15, -0.1) is 0 Å². The molecule has 1 atom stereocenters. The first-order valence-corrected chi connectivity index (χ1v) is 13.4. The van der Waals surface area contributed by atoms with Crippen molar-refractivity contribution in [2.75, 3.05) is 24.9 Å². The zero-order valence-corrected chi connectivity index (χ0v) is 23.7. The molecule has 0 bridgehead atoms. The summed E-state index contributed by atoms with van der Waals surface area (Å²) in [5.41, 5.74) is 3.47. The van der Waals surface area contributed by atoms with Crippen LogP contribution >= 0.6 is 0 Å². The van der Waals surface area contributed by atoms with E-state index in [0.717, 1.165) is 30.9 Å². The molecule has 0 aliphatic rings. The lowest BCUT2D eigenvalue weighted by Crippen LogP contribution is -2.55. The lowest BCUT2D eigenvalue weighted by atomic mass is 10.1. The number of carbonyl (C=O) groups excluding carboxylic acids is 2. The number of nitrogens with zero attached hydrogens (tertiary/aromatic N) is 3. The predicted molar refractivity (Wildman–Crippen MR) is 145 cm³/mol. The number of amides is 2. The molecule has 198 valence electrons. The van der Waals surface area contributed by atoms with Gasteiger partial charge in [0, 0.05) is 26.2 Å². The molecule has 2 aromatic rings. The number of hydrogen-bond donors (Lipinski definition) is 1. The number of benzene rings is 2. The summed E-state index contributed by atoms with van der Waals surface area (Å²) >= 11 is 0. The van der Waals surface area contributed by atoms with Gasteiger partial charge in [0.05, 0.1) is 5.69 Å². The highest BCUT2D eigenvalue weighted by Crippen LogP contribution is 2.26. The van der Waals surface area contributed by atoms with Gasteiger partial charge in [0.1, 0.15) is 12.6 Å². The van der Waals surface area contributed by atoms with E-state index in [9.17, 15) is 18.0 Å². The van der Waals surface area contributed by atoms with Crippen molar-refractivity contribution in [3.05, 3.63) is 64.7 Å². The molecule has 0 heterocycles. The van der Waals surface area contributed by atoms with Gasteiger partial charge in [-0.25, -0.2) is 4.31 Å². The Bertz CT molecular complexity index is 1190. The maximum absolute atomic E-state index is 13.8. The van der Waals surface area contributed by atoms with Crippen molar-refractivity contribution in [1.82, 2.24) is 14.5 Å². The van der Waals surface area contributed by atoms with Crippen LogP contribution < -0.4 is 9.62 Å². The summed E-state index contributed by atoms with van der Waals surface area (Å²) in [5, 5.41) is 2.93. The van der Waals surface area contributed by atoms with E-state index in [2.05, 4.69) is 5.32 Å². The Balaban J connectivity index is 2.51. The van der Waals surface area contributed by atoms with E-state index in [1.54, 1.807) is 19.9 Å². The Morgan fingerprint density at radius 1 is 0.944 bits per heavy atom. The zero-order chi connectivity index (χ0) is 27.4. The average Bonchev–Trinajstić information content (AvgIpc) is 2.76. The summed E-state index contributed by atoms with van der Waals surface area (Å²) in [5.74, 6) is -0.782. The van der Waals surface area contributed by atoms with Crippen LogP contribution in [0.5, 0.6) is 0 Å². The van der Waals surface area contributed by atoms with E-state index in [-0.39, 0.29) is 12.5 Å². The molecule has 36 heavy (non-hydrogen) atoms. The quantitative estimate of drug-likeness (QED) is 0.552. The van der Waals surface area contributed by atoms with Crippen molar-refractivity contribution < 1.29 is 18.0 Å². The normalized spacial score (nSPS) is 12.8. The SMILES string of the molecule is Cc1ccc(CN(C(=O)CN(c2cc(C)ccc2C)S(=O)(=O)N(C)C)[C@@H](C)C(=O)NC(C)(C)C)cc1. The zero-order valence-electron chi connectivity index (χ0n) is 22.9. The highest BCUT2D eigenvalue weighted by molar-refractivity contribution is 7.90. The second-order valence-electron chi connectivity index (χ2n) is 10.5. The first-order valence-electron chi connectivity index (χ1n) is 12.0. The monoisotopic (exact) mass is 516 g/mol. The third kappa shape index (κ3) is 7.54. The number of anilines is 1. The summed E-state index contributed by atoms with van der Waals surface area (Å²) in [6.45, 7) is 12.6. The lowest BCUT2D eigenvalue weighted by Gasteiger charge is -2.34. The van der Waals surface area contributed by atoms with Crippen LogP contribution in [0.3, 0.4) is 0 Å². The first kappa shape index (κ1) is 29.3. The van der Waals surface area contributed by atoms with Crippen LogP contribution in [-0.2, 0) is 26.3 Å². The largest absolute Gasteiger partial charge is 0.350 e. The van der Waals surface area contributed by atoms with Crippen LogP contribution in [0.15, 0.2) is 42.5 Å². The Kier molecular flexibility index (Phi) is 9.31. The van der Waals surface area contributed by atoms with E-state index in [0.29, 0.717) is 5.69 Å². The average molecular weight is 517 g/mol. The Labute approximate surface area is 216 Å². The standard InChI is InChI=1S/C27H40N4O4S/c1-19-11-14-23(15-12-19)17-30(22(4)26(33)28-27(5,6)7)25(32)18-31(36(34,35)29(8)9)24-16-20(2)10-13-21(24)3/h10-16,22H,17-18H2,1-9H3,(H,28,33)/t22-/m0/s1. The lowest BCUT2D eigenvalue weighted by molar-refractivity contribution is -0.140. The van der Waals surface area contributed by atoms with E-state index >= 15 is 0 Å². The minimum absolute atomic E-state index is 0.167. The molecule has 8 nitrogen and oxygen atoms in total. The van der Waals surface area contributed by atoms with Crippen LogP contribution in [0.25, 0.3) is 0 Å². The molecule has 0 unspecified atom stereocenters. The van der Waals surface area contributed by atoms with Gasteiger partial charge in [0.25, 0.3) is 0 Å². The smallest absolute Gasteiger partial charge is 0.304 e. The Hall–Kier alpha value is -2.91. The number of aryl methyl sites for hydroxylation is 3. The van der Waals surface area contributed by atoms with Crippen LogP contribution in [-0.4, -0.2) is 61.7 Å². The summed E-state index contributed by atoms with van der Waals surface area (Å²) < 4.78 is 28.9. The van der Waals surface area contributed by atoms with Crippen molar-refractivity contribution in [2.24, 2.45) is 0 Å². The molecule has 1 N–H and O–H groups in total. The minimum Gasteiger partial charge on any atom is -0.350 e. The summed E-state index contributed by atoms with van der Waals surface area (Å²) in [7, 11) is -1.13. The van der Waals surface area contributed by atoms with Crippen molar-refractivity contribution >= 4 is 27.7 Å². The van der Waals surface area contributed by atoms with Crippen LogP contribution in [0.2, 0.25) is 0 Å². The molecule has 2 rings (SSSR count). The maximum Gasteiger partial charge on any atom is 0.304 e. The van der Waals surface area contributed by atoms with E-state index in [1.807, 2.05) is 71.0 Å². The fourth-order valence-electron chi connectivity index (χ4n) is 3.64. The van der Waals surface area contributed by atoms with Crippen molar-refractivity contribution in [2.45, 2.75) is 66.6 Å². The van der Waals surface area contributed by atoms with Crippen LogP contribution in [0, 0.1) is 20.8 Å². The van der Waals surface area contributed by atoms with Gasteiger partial charge in [-0.2, -0.15) is 12.7 Å². The molecule has 0 radical (unpaired) electrons. The maximum atomic E-state index is 13.8. The van der Waals surface area contributed by atoms with Crippen molar-refractivity contribution in [1.29, 1.82) is 0 Å². The molecule has 0 fully saturated rings. The second-order valence-corrected chi connectivity index (χ2v) is 12.6. The van der Waals surface area contributed by atoms with Gasteiger partial charge >= 0.3 is 10.2 Å². The van der Waals surface area contributed by atoms with Gasteiger partial charge in [-0.05, 0) is 71.2 Å². The van der Waals surface area contributed by atoms with Gasteiger partial charge in [-0.3, -0.25) is 9.59 Å². The fraction of sp³-hybridized carbons (Fsp3) is 0.481. The second kappa shape index (κ2) is 11.4. The molecular weight excluding hydrogens is 476 g/mol. The molecule has 0 saturated carbocycles. The molecule has 0 saturated heterocycles. The van der Waals surface area contributed by atoms with Gasteiger partial charge in [0.15, 0.2) is 0 Å². The van der Waals surface area contributed by atoms with Crippen molar-refractivity contribution in [3.8, 4) is 0 Å². The molecular formula is C27H40N4O4S. The van der Waals surface area contributed by atoms with E-state index < -0.39 is 34.2 Å². The summed E-state index contributed by atoms with van der Waals surface area (Å²) in [4.78, 5) is 28.3. The van der Waals surface area contributed by atoms with E-state index in [4.69, 9.17) is 0 Å². The number of nitrogens with one attached hydrogen (secondary N) is 1. The Morgan fingerprint density at radius 2 is 1.50 bits per heavy atom. The number of hydrogen-bond acceptors (Lipinski definition) is 4. The highest BCUT2D eigenvalue weighted by Gasteiger charge is 2.34. The van der Waals surface area contributed by atoms with Crippen molar-refractivity contribution in [3.63, 3.8) is 0 Å². The topological polar surface area (TPSA) is 90.0 Å². The first-order chi connectivity index (χ1) is 16.5. The molecule has 2 amide bonds. The number of rotatable bonds is 9. The molecule has 2 aromatic carbocycles. The third-order valence-corrected chi connectivity index (χ3v) is 7.60. The highest BCUT2D eigenvalue weighted by atomic mass is 32.2. The van der Waals surface area contributed by atoms with Gasteiger partial charge in [-0.1, -0.05) is 42.0 Å². The third-order valence-electron chi connectivity index (χ3n) is 5.79. The molecule has 9 heteroatoms. The van der Waals surface area contributed by atoms with Crippen LogP contribution in [0.1, 0.15) is 49.9 Å². The number of carbonyl (C=O) groups is 2.